The zero-order valence-corrected chi connectivity index (χ0v) is 10.0. The first-order valence-corrected chi connectivity index (χ1v) is 6.61. The van der Waals surface area contributed by atoms with Crippen LogP contribution in [0.5, 0.6) is 0 Å². The minimum atomic E-state index is 0.930. The molecule has 0 aromatic heterocycles. The largest absolute Gasteiger partial charge is 0.385 e. The van der Waals surface area contributed by atoms with Crippen LogP contribution in [0.4, 0.5) is 0 Å². The van der Waals surface area contributed by atoms with E-state index in [1.807, 2.05) is 7.11 Å². The van der Waals surface area contributed by atoms with E-state index in [2.05, 4.69) is 5.32 Å². The van der Waals surface area contributed by atoms with Crippen LogP contribution in [0.2, 0.25) is 0 Å². The quantitative estimate of drug-likeness (QED) is 0.754. The van der Waals surface area contributed by atoms with E-state index in [4.69, 9.17) is 4.74 Å². The zero-order chi connectivity index (χ0) is 10.5. The van der Waals surface area contributed by atoms with Gasteiger partial charge in [-0.25, -0.2) is 0 Å². The van der Waals surface area contributed by atoms with Crippen molar-refractivity contribution >= 4 is 0 Å². The number of hydrogen-bond acceptors (Lipinski definition) is 2. The van der Waals surface area contributed by atoms with E-state index < -0.39 is 0 Å². The van der Waals surface area contributed by atoms with Crippen molar-refractivity contribution < 1.29 is 4.74 Å². The highest BCUT2D eigenvalue weighted by Crippen LogP contribution is 2.40. The molecule has 0 aromatic rings. The maximum Gasteiger partial charge on any atom is 0.0465 e. The first kappa shape index (κ1) is 11.4. The van der Waals surface area contributed by atoms with Crippen LogP contribution in [0.25, 0.3) is 0 Å². The van der Waals surface area contributed by atoms with Crippen LogP contribution < -0.4 is 5.32 Å². The number of ether oxygens (including phenoxy) is 1. The Hall–Kier alpha value is -0.0800. The van der Waals surface area contributed by atoms with Gasteiger partial charge in [-0.3, -0.25) is 0 Å². The lowest BCUT2D eigenvalue weighted by Crippen LogP contribution is -2.39. The minimum Gasteiger partial charge on any atom is -0.385 e. The highest BCUT2D eigenvalue weighted by Gasteiger charge is 2.33. The third kappa shape index (κ3) is 2.94. The summed E-state index contributed by atoms with van der Waals surface area (Å²) in [5.74, 6) is 2.88. The van der Waals surface area contributed by atoms with E-state index in [9.17, 15) is 0 Å². The van der Waals surface area contributed by atoms with Gasteiger partial charge >= 0.3 is 0 Å². The van der Waals surface area contributed by atoms with E-state index in [-0.39, 0.29) is 0 Å². The predicted molar refractivity (Wildman–Crippen MR) is 62.9 cm³/mol. The Labute approximate surface area is 93.8 Å². The van der Waals surface area contributed by atoms with Gasteiger partial charge in [0.25, 0.3) is 0 Å². The molecule has 1 saturated carbocycles. The van der Waals surface area contributed by atoms with Gasteiger partial charge in [-0.1, -0.05) is 19.3 Å². The van der Waals surface area contributed by atoms with Crippen molar-refractivity contribution in [2.75, 3.05) is 26.8 Å². The summed E-state index contributed by atoms with van der Waals surface area (Å²) in [6, 6.07) is 0. The molecule has 2 rings (SSSR count). The predicted octanol–water partition coefficient (Wildman–Crippen LogP) is 2.44. The molecular formula is C13H25NO. The van der Waals surface area contributed by atoms with Gasteiger partial charge in [-0.2, -0.15) is 0 Å². The second kappa shape index (κ2) is 5.86. The molecule has 0 bridgehead atoms. The molecule has 1 aliphatic carbocycles. The van der Waals surface area contributed by atoms with Gasteiger partial charge in [0.1, 0.15) is 0 Å². The molecule has 2 nitrogen and oxygen atoms in total. The summed E-state index contributed by atoms with van der Waals surface area (Å²) < 4.78 is 5.26. The molecule has 88 valence electrons. The summed E-state index contributed by atoms with van der Waals surface area (Å²) in [5, 5.41) is 3.55. The molecule has 2 atom stereocenters. The van der Waals surface area contributed by atoms with Crippen molar-refractivity contribution in [3.8, 4) is 0 Å². The topological polar surface area (TPSA) is 21.3 Å². The van der Waals surface area contributed by atoms with Crippen molar-refractivity contribution in [3.63, 3.8) is 0 Å². The van der Waals surface area contributed by atoms with E-state index in [0.29, 0.717) is 0 Å². The van der Waals surface area contributed by atoms with E-state index in [1.54, 1.807) is 0 Å². The molecule has 2 fully saturated rings. The molecule has 2 unspecified atom stereocenters. The van der Waals surface area contributed by atoms with E-state index in [0.717, 1.165) is 24.4 Å². The second-order valence-electron chi connectivity index (χ2n) is 5.24. The van der Waals surface area contributed by atoms with Crippen LogP contribution >= 0.6 is 0 Å². The fourth-order valence-corrected chi connectivity index (χ4v) is 3.22. The number of methoxy groups -OCH3 is 1. The Balaban J connectivity index is 1.84. The van der Waals surface area contributed by atoms with Crippen molar-refractivity contribution in [3.05, 3.63) is 0 Å². The summed E-state index contributed by atoms with van der Waals surface area (Å²) in [6.07, 6.45) is 8.52. The Kier molecular flexibility index (Phi) is 4.45. The van der Waals surface area contributed by atoms with Crippen molar-refractivity contribution in [2.45, 2.75) is 38.5 Å². The molecule has 1 aliphatic heterocycles. The highest BCUT2D eigenvalue weighted by atomic mass is 16.5. The van der Waals surface area contributed by atoms with E-state index in [1.165, 1.54) is 51.6 Å². The van der Waals surface area contributed by atoms with Gasteiger partial charge in [0, 0.05) is 13.7 Å². The van der Waals surface area contributed by atoms with Gasteiger partial charge in [0.2, 0.25) is 0 Å². The smallest absolute Gasteiger partial charge is 0.0465 e. The number of piperidine rings is 1. The third-order valence-electron chi connectivity index (χ3n) is 4.35. The first-order valence-electron chi connectivity index (χ1n) is 6.61. The van der Waals surface area contributed by atoms with Crippen LogP contribution in [0.15, 0.2) is 0 Å². The summed E-state index contributed by atoms with van der Waals surface area (Å²) in [4.78, 5) is 0. The SMILES string of the molecule is COCCC(C1CCC1)C1CCCNC1. The molecule has 0 aromatic carbocycles. The Bertz CT molecular complexity index is 173. The highest BCUT2D eigenvalue weighted by molar-refractivity contribution is 4.85. The summed E-state index contributed by atoms with van der Waals surface area (Å²) in [5.41, 5.74) is 0. The summed E-state index contributed by atoms with van der Waals surface area (Å²) in [7, 11) is 1.83. The molecule has 1 heterocycles. The standard InChI is InChI=1S/C13H25NO/c1-15-9-7-13(11-4-2-5-11)12-6-3-8-14-10-12/h11-14H,2-10H2,1H3. The molecule has 2 aliphatic rings. The fraction of sp³-hybridized carbons (Fsp3) is 1.00. The van der Waals surface area contributed by atoms with Crippen LogP contribution in [0.3, 0.4) is 0 Å². The molecule has 2 heteroatoms. The van der Waals surface area contributed by atoms with Gasteiger partial charge in [-0.15, -0.1) is 0 Å². The van der Waals surface area contributed by atoms with Crippen LogP contribution in [0.1, 0.15) is 38.5 Å². The number of hydrogen-bond donors (Lipinski definition) is 1. The van der Waals surface area contributed by atoms with Gasteiger partial charge in [0.05, 0.1) is 0 Å². The fourth-order valence-electron chi connectivity index (χ4n) is 3.22. The van der Waals surface area contributed by atoms with Gasteiger partial charge < -0.3 is 10.1 Å². The van der Waals surface area contributed by atoms with E-state index >= 15 is 0 Å². The minimum absolute atomic E-state index is 0.930. The van der Waals surface area contributed by atoms with Gasteiger partial charge in [-0.05, 0) is 50.1 Å². The lowest BCUT2D eigenvalue weighted by atomic mass is 9.68. The molecule has 1 saturated heterocycles. The molecule has 0 radical (unpaired) electrons. The normalized spacial score (nSPS) is 29.8. The lowest BCUT2D eigenvalue weighted by molar-refractivity contribution is 0.0818. The number of rotatable bonds is 5. The molecule has 0 spiro atoms. The van der Waals surface area contributed by atoms with Crippen molar-refractivity contribution in [1.29, 1.82) is 0 Å². The maximum absolute atomic E-state index is 5.26. The number of nitrogens with one attached hydrogen (secondary N) is 1. The summed E-state index contributed by atoms with van der Waals surface area (Å²) in [6.45, 7) is 3.45. The van der Waals surface area contributed by atoms with Gasteiger partial charge in [0.15, 0.2) is 0 Å². The maximum atomic E-state index is 5.26. The monoisotopic (exact) mass is 211 g/mol. The molecule has 1 N–H and O–H groups in total. The van der Waals surface area contributed by atoms with Crippen LogP contribution in [-0.2, 0) is 4.74 Å². The first-order chi connectivity index (χ1) is 7.42. The Morgan fingerprint density at radius 3 is 2.53 bits per heavy atom. The molecular weight excluding hydrogens is 186 g/mol. The second-order valence-corrected chi connectivity index (χ2v) is 5.24. The van der Waals surface area contributed by atoms with Crippen molar-refractivity contribution in [2.24, 2.45) is 17.8 Å². The van der Waals surface area contributed by atoms with Crippen molar-refractivity contribution in [1.82, 2.24) is 5.32 Å². The average Bonchev–Trinajstić information content (AvgIpc) is 2.22. The van der Waals surface area contributed by atoms with Crippen LogP contribution in [-0.4, -0.2) is 26.8 Å². The molecule has 15 heavy (non-hydrogen) atoms. The zero-order valence-electron chi connectivity index (χ0n) is 10.0. The Morgan fingerprint density at radius 1 is 1.20 bits per heavy atom. The lowest BCUT2D eigenvalue weighted by Gasteiger charge is -2.40. The average molecular weight is 211 g/mol. The van der Waals surface area contributed by atoms with Crippen LogP contribution in [0, 0.1) is 17.8 Å². The Morgan fingerprint density at radius 2 is 2.00 bits per heavy atom. The summed E-state index contributed by atoms with van der Waals surface area (Å²) >= 11 is 0. The third-order valence-corrected chi connectivity index (χ3v) is 4.35. The molecule has 0 amide bonds.